The van der Waals surface area contributed by atoms with E-state index in [1.165, 1.54) is 17.2 Å². The Morgan fingerprint density at radius 2 is 1.71 bits per heavy atom. The fourth-order valence-electron chi connectivity index (χ4n) is 2.51. The summed E-state index contributed by atoms with van der Waals surface area (Å²) in [6.07, 6.45) is 0. The molecule has 0 spiro atoms. The summed E-state index contributed by atoms with van der Waals surface area (Å²) in [5, 5.41) is 0.807. The Kier molecular flexibility index (Phi) is 3.48. The lowest BCUT2D eigenvalue weighted by Gasteiger charge is -2.09. The lowest BCUT2D eigenvalue weighted by molar-refractivity contribution is 0.307. The minimum atomic E-state index is -0.399. The Labute approximate surface area is 122 Å². The summed E-state index contributed by atoms with van der Waals surface area (Å²) in [4.78, 5) is 11.6. The molecule has 2 aromatic carbocycles. The highest BCUT2D eigenvalue weighted by molar-refractivity contribution is 5.82. The number of ether oxygens (including phenoxy) is 1. The molecular formula is C18H16O3. The van der Waals surface area contributed by atoms with Crippen LogP contribution in [0.15, 0.2) is 57.7 Å². The summed E-state index contributed by atoms with van der Waals surface area (Å²) in [6.45, 7) is 4.54. The van der Waals surface area contributed by atoms with Gasteiger partial charge in [0.25, 0.3) is 0 Å². The molecule has 0 atom stereocenters. The first-order valence-corrected chi connectivity index (χ1v) is 6.85. The summed E-state index contributed by atoms with van der Waals surface area (Å²) >= 11 is 0. The summed E-state index contributed by atoms with van der Waals surface area (Å²) in [5.74, 6) is 0.556. The minimum absolute atomic E-state index is 0.399. The summed E-state index contributed by atoms with van der Waals surface area (Å²) in [7, 11) is 0. The number of benzene rings is 2. The Morgan fingerprint density at radius 1 is 1.00 bits per heavy atom. The topological polar surface area (TPSA) is 39.4 Å². The molecule has 0 fully saturated rings. The van der Waals surface area contributed by atoms with Crippen molar-refractivity contribution >= 4 is 11.0 Å². The predicted octanol–water partition coefficient (Wildman–Crippen LogP) is 3.99. The standard InChI is InChI=1S/C18H16O3/c1-12-7-13(2)9-14(8-12)11-20-17-10-18(19)21-16-6-4-3-5-15(16)17/h3-10H,11H2,1-2H3. The van der Waals surface area contributed by atoms with Crippen molar-refractivity contribution < 1.29 is 9.15 Å². The van der Waals surface area contributed by atoms with Crippen LogP contribution in [0.1, 0.15) is 16.7 Å². The molecule has 3 rings (SSSR count). The molecule has 0 radical (unpaired) electrons. The molecule has 21 heavy (non-hydrogen) atoms. The third-order valence-corrected chi connectivity index (χ3v) is 3.29. The molecule has 1 heterocycles. The van der Waals surface area contributed by atoms with Gasteiger partial charge >= 0.3 is 5.63 Å². The van der Waals surface area contributed by atoms with E-state index in [-0.39, 0.29) is 0 Å². The van der Waals surface area contributed by atoms with Crippen LogP contribution in [0.2, 0.25) is 0 Å². The van der Waals surface area contributed by atoms with Crippen LogP contribution >= 0.6 is 0 Å². The molecular weight excluding hydrogens is 264 g/mol. The van der Waals surface area contributed by atoms with Crippen LogP contribution in [0.5, 0.6) is 5.75 Å². The number of aryl methyl sites for hydroxylation is 2. The van der Waals surface area contributed by atoms with Gasteiger partial charge < -0.3 is 9.15 Å². The average molecular weight is 280 g/mol. The highest BCUT2D eigenvalue weighted by Gasteiger charge is 2.06. The van der Waals surface area contributed by atoms with Gasteiger partial charge in [-0.2, -0.15) is 0 Å². The van der Waals surface area contributed by atoms with Gasteiger partial charge in [-0.05, 0) is 31.5 Å². The first kappa shape index (κ1) is 13.4. The van der Waals surface area contributed by atoms with Gasteiger partial charge in [0.05, 0.1) is 11.5 Å². The smallest absolute Gasteiger partial charge is 0.339 e. The number of hydrogen-bond acceptors (Lipinski definition) is 3. The van der Waals surface area contributed by atoms with Gasteiger partial charge in [0, 0.05) is 0 Å². The van der Waals surface area contributed by atoms with Crippen molar-refractivity contribution in [1.82, 2.24) is 0 Å². The monoisotopic (exact) mass is 280 g/mol. The number of rotatable bonds is 3. The van der Waals surface area contributed by atoms with Crippen molar-refractivity contribution in [2.24, 2.45) is 0 Å². The van der Waals surface area contributed by atoms with Gasteiger partial charge in [0.1, 0.15) is 17.9 Å². The fourth-order valence-corrected chi connectivity index (χ4v) is 2.51. The molecule has 0 bridgehead atoms. The first-order valence-electron chi connectivity index (χ1n) is 6.85. The number of para-hydroxylation sites is 1. The lowest BCUT2D eigenvalue weighted by atomic mass is 10.1. The molecule has 0 aliphatic carbocycles. The molecule has 3 aromatic rings. The molecule has 0 saturated carbocycles. The zero-order valence-electron chi connectivity index (χ0n) is 12.1. The molecule has 0 aliphatic rings. The lowest BCUT2D eigenvalue weighted by Crippen LogP contribution is -2.02. The van der Waals surface area contributed by atoms with Gasteiger partial charge in [-0.15, -0.1) is 0 Å². The average Bonchev–Trinajstić information content (AvgIpc) is 2.43. The quantitative estimate of drug-likeness (QED) is 0.681. The van der Waals surface area contributed by atoms with Crippen molar-refractivity contribution in [3.05, 3.63) is 75.6 Å². The van der Waals surface area contributed by atoms with Crippen molar-refractivity contribution in [2.45, 2.75) is 20.5 Å². The van der Waals surface area contributed by atoms with Crippen LogP contribution in [0.4, 0.5) is 0 Å². The maximum Gasteiger partial charge on any atom is 0.339 e. The molecule has 106 valence electrons. The Morgan fingerprint density at radius 3 is 2.48 bits per heavy atom. The van der Waals surface area contributed by atoms with E-state index in [1.54, 1.807) is 6.07 Å². The van der Waals surface area contributed by atoms with E-state index in [0.29, 0.717) is 17.9 Å². The summed E-state index contributed by atoms with van der Waals surface area (Å²) in [5.41, 5.74) is 3.63. The van der Waals surface area contributed by atoms with Crippen LogP contribution in [-0.2, 0) is 6.61 Å². The van der Waals surface area contributed by atoms with Crippen LogP contribution in [0, 0.1) is 13.8 Å². The molecule has 0 aliphatic heterocycles. The van der Waals surface area contributed by atoms with E-state index in [2.05, 4.69) is 32.0 Å². The van der Waals surface area contributed by atoms with Crippen LogP contribution in [0.25, 0.3) is 11.0 Å². The van der Waals surface area contributed by atoms with E-state index in [1.807, 2.05) is 18.2 Å². The Bertz CT molecular complexity index is 826. The predicted molar refractivity (Wildman–Crippen MR) is 82.7 cm³/mol. The van der Waals surface area contributed by atoms with Crippen LogP contribution < -0.4 is 10.4 Å². The Hall–Kier alpha value is -2.55. The molecule has 3 heteroatoms. The van der Waals surface area contributed by atoms with Crippen molar-refractivity contribution in [3.8, 4) is 5.75 Å². The molecule has 3 nitrogen and oxygen atoms in total. The molecule has 0 unspecified atom stereocenters. The van der Waals surface area contributed by atoms with Gasteiger partial charge in [-0.1, -0.05) is 41.5 Å². The van der Waals surface area contributed by atoms with E-state index in [0.717, 1.165) is 10.9 Å². The maximum absolute atomic E-state index is 11.6. The van der Waals surface area contributed by atoms with Crippen molar-refractivity contribution in [2.75, 3.05) is 0 Å². The van der Waals surface area contributed by atoms with E-state index >= 15 is 0 Å². The maximum atomic E-state index is 11.6. The second-order valence-electron chi connectivity index (χ2n) is 5.21. The zero-order chi connectivity index (χ0) is 14.8. The van der Waals surface area contributed by atoms with Crippen molar-refractivity contribution in [3.63, 3.8) is 0 Å². The van der Waals surface area contributed by atoms with Gasteiger partial charge in [0.15, 0.2) is 0 Å². The largest absolute Gasteiger partial charge is 0.488 e. The van der Waals surface area contributed by atoms with E-state index in [9.17, 15) is 4.79 Å². The second-order valence-corrected chi connectivity index (χ2v) is 5.21. The van der Waals surface area contributed by atoms with Gasteiger partial charge in [-0.25, -0.2) is 4.79 Å². The third-order valence-electron chi connectivity index (χ3n) is 3.29. The zero-order valence-corrected chi connectivity index (χ0v) is 12.1. The highest BCUT2D eigenvalue weighted by atomic mass is 16.5. The Balaban J connectivity index is 1.93. The first-order chi connectivity index (χ1) is 10.1. The van der Waals surface area contributed by atoms with Crippen molar-refractivity contribution in [1.29, 1.82) is 0 Å². The molecule has 0 N–H and O–H groups in total. The fraction of sp³-hybridized carbons (Fsp3) is 0.167. The number of hydrogen-bond donors (Lipinski definition) is 0. The van der Waals surface area contributed by atoms with E-state index < -0.39 is 5.63 Å². The molecule has 0 amide bonds. The molecule has 0 saturated heterocycles. The SMILES string of the molecule is Cc1cc(C)cc(COc2cc(=O)oc3ccccc23)c1. The van der Waals surface area contributed by atoms with Gasteiger partial charge in [0.2, 0.25) is 0 Å². The summed E-state index contributed by atoms with van der Waals surface area (Å²) < 4.78 is 11.0. The minimum Gasteiger partial charge on any atom is -0.488 e. The summed E-state index contributed by atoms with van der Waals surface area (Å²) in [6, 6.07) is 15.1. The second kappa shape index (κ2) is 5.44. The molecule has 1 aromatic heterocycles. The van der Waals surface area contributed by atoms with E-state index in [4.69, 9.17) is 9.15 Å². The highest BCUT2D eigenvalue weighted by Crippen LogP contribution is 2.24. The third kappa shape index (κ3) is 2.97. The van der Waals surface area contributed by atoms with Crippen LogP contribution in [-0.4, -0.2) is 0 Å². The van der Waals surface area contributed by atoms with Gasteiger partial charge in [-0.3, -0.25) is 0 Å². The number of fused-ring (bicyclic) bond motifs is 1. The van der Waals surface area contributed by atoms with Crippen LogP contribution in [0.3, 0.4) is 0 Å². The normalized spacial score (nSPS) is 10.8.